The molecule has 2 rings (SSSR count). The van der Waals surface area contributed by atoms with Gasteiger partial charge in [0.1, 0.15) is 17.5 Å². The van der Waals surface area contributed by atoms with Crippen LogP contribution < -0.4 is 11.3 Å². The number of nitrogen functional groups attached to an aromatic ring is 1. The Morgan fingerprint density at radius 3 is 2.57 bits per heavy atom. The fourth-order valence-corrected chi connectivity index (χ4v) is 2.65. The van der Waals surface area contributed by atoms with E-state index in [2.05, 4.69) is 29.2 Å². The van der Waals surface area contributed by atoms with Gasteiger partial charge in [-0.3, -0.25) is 0 Å². The molecular weight excluding hydrogens is 287 g/mol. The van der Waals surface area contributed by atoms with Crippen LogP contribution in [0.2, 0.25) is 0 Å². The van der Waals surface area contributed by atoms with Gasteiger partial charge >= 0.3 is 0 Å². The van der Waals surface area contributed by atoms with Gasteiger partial charge in [-0.2, -0.15) is 0 Å². The van der Waals surface area contributed by atoms with Crippen molar-refractivity contribution in [3.05, 3.63) is 47.7 Å². The Labute approximate surface area is 128 Å². The first-order valence-electron chi connectivity index (χ1n) is 6.78. The summed E-state index contributed by atoms with van der Waals surface area (Å²) in [5.41, 5.74) is 3.55. The van der Waals surface area contributed by atoms with Crippen LogP contribution in [0.5, 0.6) is 0 Å². The van der Waals surface area contributed by atoms with Gasteiger partial charge in [0.05, 0.1) is 5.75 Å². The molecule has 1 aromatic carbocycles. The molecule has 112 valence electrons. The molecule has 1 aromatic heterocycles. The van der Waals surface area contributed by atoms with E-state index in [0.717, 1.165) is 22.8 Å². The first-order valence-corrected chi connectivity index (χ1v) is 7.77. The van der Waals surface area contributed by atoms with Crippen molar-refractivity contribution in [2.45, 2.75) is 30.9 Å². The molecule has 0 aliphatic heterocycles. The normalized spacial score (nSPS) is 10.9. The van der Waals surface area contributed by atoms with Gasteiger partial charge in [-0.1, -0.05) is 13.8 Å². The number of halogens is 1. The predicted molar refractivity (Wildman–Crippen MR) is 84.3 cm³/mol. The Bertz CT molecular complexity index is 587. The average Bonchev–Trinajstić information content (AvgIpc) is 2.45. The van der Waals surface area contributed by atoms with E-state index < -0.39 is 0 Å². The predicted octanol–water partition coefficient (Wildman–Crippen LogP) is 3.39. The second kappa shape index (κ2) is 7.38. The Hall–Kier alpha value is -1.66. The van der Waals surface area contributed by atoms with E-state index >= 15 is 0 Å². The smallest absolute Gasteiger partial charge is 0.143 e. The lowest BCUT2D eigenvalue weighted by Gasteiger charge is -2.09. The zero-order valence-corrected chi connectivity index (χ0v) is 13.0. The molecule has 2 aromatic rings. The molecule has 0 fully saturated rings. The molecule has 0 aliphatic carbocycles. The van der Waals surface area contributed by atoms with Crippen LogP contribution in [0.3, 0.4) is 0 Å². The number of benzene rings is 1. The minimum atomic E-state index is -0.232. The van der Waals surface area contributed by atoms with Gasteiger partial charge < -0.3 is 5.43 Å². The lowest BCUT2D eigenvalue weighted by Crippen LogP contribution is -2.12. The summed E-state index contributed by atoms with van der Waals surface area (Å²) < 4.78 is 12.9. The van der Waals surface area contributed by atoms with E-state index in [1.165, 1.54) is 12.1 Å². The van der Waals surface area contributed by atoms with E-state index in [9.17, 15) is 4.39 Å². The number of hydrogen-bond acceptors (Lipinski definition) is 5. The van der Waals surface area contributed by atoms with Gasteiger partial charge in [-0.05, 0) is 36.6 Å². The minimum Gasteiger partial charge on any atom is -0.308 e. The van der Waals surface area contributed by atoms with Gasteiger partial charge in [0.25, 0.3) is 0 Å². The number of rotatable bonds is 6. The molecule has 0 aliphatic rings. The van der Waals surface area contributed by atoms with E-state index in [1.807, 2.05) is 6.07 Å². The molecule has 6 heteroatoms. The summed E-state index contributed by atoms with van der Waals surface area (Å²) in [6.07, 6.45) is 0.880. The molecule has 3 N–H and O–H groups in total. The van der Waals surface area contributed by atoms with E-state index in [4.69, 9.17) is 5.84 Å². The van der Waals surface area contributed by atoms with Crippen molar-refractivity contribution in [1.29, 1.82) is 0 Å². The zero-order chi connectivity index (χ0) is 15.2. The van der Waals surface area contributed by atoms with Crippen molar-refractivity contribution in [2.24, 2.45) is 11.8 Å². The molecule has 0 amide bonds. The average molecular weight is 306 g/mol. The number of aromatic nitrogens is 2. The number of hydrogen-bond donors (Lipinski definition) is 2. The first-order chi connectivity index (χ1) is 10.1. The zero-order valence-electron chi connectivity index (χ0n) is 12.1. The highest BCUT2D eigenvalue weighted by atomic mass is 32.2. The maximum absolute atomic E-state index is 12.9. The number of nitrogens with two attached hydrogens (primary N) is 1. The third-order valence-electron chi connectivity index (χ3n) is 2.77. The fraction of sp³-hybridized carbons (Fsp3) is 0.333. The summed E-state index contributed by atoms with van der Waals surface area (Å²) in [7, 11) is 0. The van der Waals surface area contributed by atoms with Gasteiger partial charge in [-0.15, -0.1) is 11.8 Å². The summed E-state index contributed by atoms with van der Waals surface area (Å²) in [5, 5.41) is 0. The van der Waals surface area contributed by atoms with Crippen LogP contribution in [-0.4, -0.2) is 9.97 Å². The standard InChI is InChI=1S/C15H19FN4S/c1-10(2)7-12-8-14(20-17)19-15(18-12)9-21-13-5-3-11(16)4-6-13/h3-6,8,10H,7,9,17H2,1-2H3,(H,18,19,20). The number of nitrogens with one attached hydrogen (secondary N) is 1. The molecule has 4 nitrogen and oxygen atoms in total. The van der Waals surface area contributed by atoms with Crippen molar-refractivity contribution in [3.8, 4) is 0 Å². The lowest BCUT2D eigenvalue weighted by atomic mass is 10.1. The van der Waals surface area contributed by atoms with Crippen LogP contribution in [0, 0.1) is 11.7 Å². The summed E-state index contributed by atoms with van der Waals surface area (Å²) in [4.78, 5) is 9.89. The third kappa shape index (κ3) is 4.99. The van der Waals surface area contributed by atoms with Gasteiger partial charge in [0, 0.05) is 16.7 Å². The molecular formula is C15H19FN4S. The second-order valence-corrected chi connectivity index (χ2v) is 6.19. The second-order valence-electron chi connectivity index (χ2n) is 5.15. The van der Waals surface area contributed by atoms with Crippen molar-refractivity contribution in [2.75, 3.05) is 5.43 Å². The van der Waals surface area contributed by atoms with E-state index in [1.54, 1.807) is 23.9 Å². The largest absolute Gasteiger partial charge is 0.308 e. The van der Waals surface area contributed by atoms with Crippen molar-refractivity contribution >= 4 is 17.6 Å². The van der Waals surface area contributed by atoms with Crippen LogP contribution in [0.4, 0.5) is 10.2 Å². The molecule has 0 saturated carbocycles. The molecule has 0 saturated heterocycles. The van der Waals surface area contributed by atoms with Crippen molar-refractivity contribution in [1.82, 2.24) is 9.97 Å². The summed E-state index contributed by atoms with van der Waals surface area (Å²) >= 11 is 1.57. The van der Waals surface area contributed by atoms with Crippen molar-refractivity contribution in [3.63, 3.8) is 0 Å². The quantitative estimate of drug-likeness (QED) is 0.486. The molecule has 21 heavy (non-hydrogen) atoms. The van der Waals surface area contributed by atoms with E-state index in [0.29, 0.717) is 17.5 Å². The van der Waals surface area contributed by atoms with Crippen LogP contribution in [0.1, 0.15) is 25.4 Å². The topological polar surface area (TPSA) is 63.8 Å². The monoisotopic (exact) mass is 306 g/mol. The number of nitrogens with zero attached hydrogens (tertiary/aromatic N) is 2. The summed E-state index contributed by atoms with van der Waals surface area (Å²) in [6, 6.07) is 8.27. The van der Waals surface area contributed by atoms with E-state index in [-0.39, 0.29) is 5.82 Å². The maximum atomic E-state index is 12.9. The SMILES string of the molecule is CC(C)Cc1cc(NN)nc(CSc2ccc(F)cc2)n1. The van der Waals surface area contributed by atoms with Gasteiger partial charge in [0.2, 0.25) is 0 Å². The number of hydrazine groups is 1. The molecule has 0 unspecified atom stereocenters. The highest BCUT2D eigenvalue weighted by Gasteiger charge is 2.07. The highest BCUT2D eigenvalue weighted by molar-refractivity contribution is 7.98. The Morgan fingerprint density at radius 1 is 1.24 bits per heavy atom. The highest BCUT2D eigenvalue weighted by Crippen LogP contribution is 2.22. The Balaban J connectivity index is 2.09. The minimum absolute atomic E-state index is 0.232. The number of thioether (sulfide) groups is 1. The van der Waals surface area contributed by atoms with Gasteiger partial charge in [0.15, 0.2) is 0 Å². The van der Waals surface area contributed by atoms with Crippen LogP contribution in [-0.2, 0) is 12.2 Å². The number of anilines is 1. The van der Waals surface area contributed by atoms with Crippen LogP contribution in [0.15, 0.2) is 35.2 Å². The summed E-state index contributed by atoms with van der Waals surface area (Å²) in [5.74, 6) is 7.69. The first kappa shape index (κ1) is 15.7. The molecule has 1 heterocycles. The fourth-order valence-electron chi connectivity index (χ4n) is 1.89. The molecule has 0 atom stereocenters. The summed E-state index contributed by atoms with van der Waals surface area (Å²) in [6.45, 7) is 4.29. The van der Waals surface area contributed by atoms with Gasteiger partial charge in [-0.25, -0.2) is 20.2 Å². The Kier molecular flexibility index (Phi) is 5.52. The molecule has 0 radical (unpaired) electrons. The van der Waals surface area contributed by atoms with Crippen LogP contribution >= 0.6 is 11.8 Å². The maximum Gasteiger partial charge on any atom is 0.143 e. The lowest BCUT2D eigenvalue weighted by molar-refractivity contribution is 0.626. The Morgan fingerprint density at radius 2 is 1.95 bits per heavy atom. The molecule has 0 bridgehead atoms. The van der Waals surface area contributed by atoms with Crippen molar-refractivity contribution < 1.29 is 4.39 Å². The third-order valence-corrected chi connectivity index (χ3v) is 3.78. The van der Waals surface area contributed by atoms with Crippen LogP contribution in [0.25, 0.3) is 0 Å². The molecule has 0 spiro atoms.